The number of nitrogens with one attached hydrogen (secondary N) is 1. The average molecular weight is 372 g/mol. The first-order chi connectivity index (χ1) is 13.6. The van der Waals surface area contributed by atoms with Crippen LogP contribution < -0.4 is 11.1 Å². The summed E-state index contributed by atoms with van der Waals surface area (Å²) in [5, 5.41) is 12.7. The molecule has 0 radical (unpaired) electrons. The molecule has 0 aliphatic heterocycles. The average Bonchev–Trinajstić information content (AvgIpc) is 2.72. The molecule has 0 bridgehead atoms. The smallest absolute Gasteiger partial charge is 0.196 e. The topological polar surface area (TPSA) is 92.4 Å². The minimum atomic E-state index is -0.229. The number of anilines is 2. The van der Waals surface area contributed by atoms with Gasteiger partial charge in [-0.15, -0.1) is 0 Å². The monoisotopic (exact) mass is 372 g/mol. The number of fused-ring (bicyclic) bond motifs is 2. The predicted octanol–water partition coefficient (Wildman–Crippen LogP) is 3.19. The van der Waals surface area contributed by atoms with Gasteiger partial charge in [0.15, 0.2) is 11.6 Å². The lowest BCUT2D eigenvalue weighted by atomic mass is 9.80. The van der Waals surface area contributed by atoms with Gasteiger partial charge in [-0.05, 0) is 23.6 Å². The Bertz CT molecular complexity index is 1070. The molecule has 0 fully saturated rings. The summed E-state index contributed by atoms with van der Waals surface area (Å²) >= 11 is 0. The van der Waals surface area contributed by atoms with Crippen LogP contribution in [0.3, 0.4) is 0 Å². The normalized spacial score (nSPS) is 12.5. The van der Waals surface area contributed by atoms with E-state index in [1.165, 1.54) is 0 Å². The molecule has 3 aromatic carbocycles. The number of hydrogen-bond acceptors (Lipinski definition) is 5. The van der Waals surface area contributed by atoms with Crippen LogP contribution in [0.4, 0.5) is 11.4 Å². The summed E-state index contributed by atoms with van der Waals surface area (Å²) in [5.41, 5.74) is 10.1. The number of carbonyl (C=O) groups is 2. The van der Waals surface area contributed by atoms with Crippen LogP contribution in [0.25, 0.3) is 0 Å². The fraction of sp³-hybridized carbons (Fsp3) is 0.130. The Kier molecular flexibility index (Phi) is 4.67. The predicted molar refractivity (Wildman–Crippen MR) is 109 cm³/mol. The van der Waals surface area contributed by atoms with Crippen LogP contribution in [0.15, 0.2) is 60.7 Å². The van der Waals surface area contributed by atoms with Gasteiger partial charge in [0.1, 0.15) is 0 Å². The largest absolute Gasteiger partial charge is 0.397 e. The molecular formula is C23H20N2O3. The quantitative estimate of drug-likeness (QED) is 0.468. The van der Waals surface area contributed by atoms with Gasteiger partial charge in [0, 0.05) is 29.8 Å². The number of rotatable bonds is 5. The number of nitrogen functional groups attached to an aromatic ring is 1. The highest BCUT2D eigenvalue weighted by Gasteiger charge is 2.34. The van der Waals surface area contributed by atoms with Crippen LogP contribution in [-0.2, 0) is 13.0 Å². The van der Waals surface area contributed by atoms with E-state index in [-0.39, 0.29) is 24.6 Å². The summed E-state index contributed by atoms with van der Waals surface area (Å²) < 4.78 is 0. The Hall–Kier alpha value is -3.44. The molecule has 5 heteroatoms. The van der Waals surface area contributed by atoms with Crippen molar-refractivity contribution in [3.05, 3.63) is 94.0 Å². The van der Waals surface area contributed by atoms with Gasteiger partial charge in [-0.2, -0.15) is 0 Å². The highest BCUT2D eigenvalue weighted by Crippen LogP contribution is 2.38. The van der Waals surface area contributed by atoms with Gasteiger partial charge < -0.3 is 16.2 Å². The Morgan fingerprint density at radius 2 is 1.46 bits per heavy atom. The maximum absolute atomic E-state index is 13.3. The van der Waals surface area contributed by atoms with Gasteiger partial charge in [-0.25, -0.2) is 0 Å². The maximum Gasteiger partial charge on any atom is 0.196 e. The van der Waals surface area contributed by atoms with Gasteiger partial charge in [-0.3, -0.25) is 9.59 Å². The van der Waals surface area contributed by atoms with Crippen molar-refractivity contribution in [3.63, 3.8) is 0 Å². The van der Waals surface area contributed by atoms with E-state index in [1.54, 1.807) is 30.3 Å². The minimum Gasteiger partial charge on any atom is -0.397 e. The van der Waals surface area contributed by atoms with Crippen molar-refractivity contribution in [3.8, 4) is 0 Å². The lowest BCUT2D eigenvalue weighted by molar-refractivity contribution is 0.0978. The van der Waals surface area contributed by atoms with Gasteiger partial charge in [0.2, 0.25) is 0 Å². The van der Waals surface area contributed by atoms with Crippen molar-refractivity contribution in [1.29, 1.82) is 0 Å². The molecule has 0 saturated heterocycles. The Morgan fingerprint density at radius 3 is 2.11 bits per heavy atom. The summed E-state index contributed by atoms with van der Waals surface area (Å²) in [6.45, 7) is 0.339. The van der Waals surface area contributed by atoms with Crippen molar-refractivity contribution in [2.75, 3.05) is 17.7 Å². The Morgan fingerprint density at radius 1 is 0.857 bits per heavy atom. The summed E-state index contributed by atoms with van der Waals surface area (Å²) in [5.74, 6) is -0.441. The van der Waals surface area contributed by atoms with E-state index in [0.29, 0.717) is 45.7 Å². The highest BCUT2D eigenvalue weighted by atomic mass is 16.3. The summed E-state index contributed by atoms with van der Waals surface area (Å²) in [4.78, 5) is 26.5. The SMILES string of the molecule is Nc1cc(CCO)c2c(c1NCc1ccccc1)C(=O)c1ccccc1C2=O. The zero-order valence-corrected chi connectivity index (χ0v) is 15.2. The summed E-state index contributed by atoms with van der Waals surface area (Å²) in [6, 6.07) is 18.2. The number of carbonyl (C=O) groups excluding carboxylic acids is 2. The van der Waals surface area contributed by atoms with E-state index in [1.807, 2.05) is 30.3 Å². The van der Waals surface area contributed by atoms with Crippen LogP contribution in [-0.4, -0.2) is 23.3 Å². The molecule has 4 N–H and O–H groups in total. The van der Waals surface area contributed by atoms with Crippen molar-refractivity contribution in [1.82, 2.24) is 0 Å². The van der Waals surface area contributed by atoms with Gasteiger partial charge in [-0.1, -0.05) is 54.6 Å². The molecule has 5 nitrogen and oxygen atoms in total. The molecule has 28 heavy (non-hydrogen) atoms. The molecular weight excluding hydrogens is 352 g/mol. The van der Waals surface area contributed by atoms with E-state index in [9.17, 15) is 14.7 Å². The lowest BCUT2D eigenvalue weighted by Gasteiger charge is -2.24. The molecule has 3 aromatic rings. The fourth-order valence-corrected chi connectivity index (χ4v) is 3.69. The second kappa shape index (κ2) is 7.29. The number of benzene rings is 3. The third-order valence-corrected chi connectivity index (χ3v) is 5.00. The maximum atomic E-state index is 13.3. The molecule has 1 aliphatic carbocycles. The number of aliphatic hydroxyl groups excluding tert-OH is 1. The molecule has 0 amide bonds. The first-order valence-corrected chi connectivity index (χ1v) is 9.14. The van der Waals surface area contributed by atoms with E-state index >= 15 is 0 Å². The number of aliphatic hydroxyl groups is 1. The Labute approximate surface area is 162 Å². The molecule has 0 unspecified atom stereocenters. The van der Waals surface area contributed by atoms with E-state index in [0.717, 1.165) is 5.56 Å². The van der Waals surface area contributed by atoms with E-state index in [2.05, 4.69) is 5.32 Å². The van der Waals surface area contributed by atoms with Crippen LogP contribution in [0, 0.1) is 0 Å². The standard InChI is InChI=1S/C23H20N2O3/c24-18-12-15(10-11-26)19-20(21(18)25-13-14-6-2-1-3-7-14)23(28)17-9-5-4-8-16(17)22(19)27/h1-9,12,25-26H,10-11,13,24H2. The van der Waals surface area contributed by atoms with Gasteiger partial charge in [0.05, 0.1) is 16.9 Å². The van der Waals surface area contributed by atoms with E-state index < -0.39 is 0 Å². The number of nitrogens with two attached hydrogens (primary N) is 1. The van der Waals surface area contributed by atoms with Crippen LogP contribution in [0.1, 0.15) is 43.0 Å². The van der Waals surface area contributed by atoms with E-state index in [4.69, 9.17) is 5.73 Å². The molecule has 0 spiro atoms. The van der Waals surface area contributed by atoms with Crippen LogP contribution in [0.2, 0.25) is 0 Å². The molecule has 0 saturated carbocycles. The number of hydrogen-bond donors (Lipinski definition) is 3. The second-order valence-corrected chi connectivity index (χ2v) is 6.77. The highest BCUT2D eigenvalue weighted by molar-refractivity contribution is 6.31. The Balaban J connectivity index is 1.86. The van der Waals surface area contributed by atoms with Crippen molar-refractivity contribution in [2.24, 2.45) is 0 Å². The molecule has 0 heterocycles. The zero-order valence-electron chi connectivity index (χ0n) is 15.2. The summed E-state index contributed by atoms with van der Waals surface area (Å²) in [6.07, 6.45) is 0.257. The molecule has 1 aliphatic rings. The molecule has 4 rings (SSSR count). The molecule has 0 atom stereocenters. The first-order valence-electron chi connectivity index (χ1n) is 9.14. The van der Waals surface area contributed by atoms with Crippen LogP contribution >= 0.6 is 0 Å². The zero-order chi connectivity index (χ0) is 19.7. The molecule has 140 valence electrons. The van der Waals surface area contributed by atoms with Crippen molar-refractivity contribution >= 4 is 22.9 Å². The van der Waals surface area contributed by atoms with Gasteiger partial charge in [0.25, 0.3) is 0 Å². The third kappa shape index (κ3) is 2.96. The number of ketones is 2. The second-order valence-electron chi connectivity index (χ2n) is 6.77. The van der Waals surface area contributed by atoms with Crippen LogP contribution in [0.5, 0.6) is 0 Å². The van der Waals surface area contributed by atoms with Gasteiger partial charge >= 0.3 is 0 Å². The first kappa shape index (κ1) is 17.9. The molecule has 0 aromatic heterocycles. The fourth-order valence-electron chi connectivity index (χ4n) is 3.69. The minimum absolute atomic E-state index is 0.133. The van der Waals surface area contributed by atoms with Crippen molar-refractivity contribution < 1.29 is 14.7 Å². The summed E-state index contributed by atoms with van der Waals surface area (Å²) in [7, 11) is 0. The third-order valence-electron chi connectivity index (χ3n) is 5.00. The van der Waals surface area contributed by atoms with Crippen molar-refractivity contribution in [2.45, 2.75) is 13.0 Å². The lowest BCUT2D eigenvalue weighted by Crippen LogP contribution is -2.25.